The van der Waals surface area contributed by atoms with E-state index in [0.717, 1.165) is 23.5 Å². The highest BCUT2D eigenvalue weighted by atomic mass is 35.5. The molecule has 4 nitrogen and oxygen atoms in total. The number of nitrogens with one attached hydrogen (secondary N) is 1. The second-order valence-electron chi connectivity index (χ2n) is 4.76. The molecule has 1 fully saturated rings. The van der Waals surface area contributed by atoms with Gasteiger partial charge in [0.25, 0.3) is 0 Å². The third-order valence-corrected chi connectivity index (χ3v) is 3.34. The zero-order chi connectivity index (χ0) is 12.5. The van der Waals surface area contributed by atoms with Crippen molar-refractivity contribution >= 4 is 11.6 Å². The second kappa shape index (κ2) is 4.71. The molecule has 0 aliphatic heterocycles. The van der Waals surface area contributed by atoms with E-state index in [-0.39, 0.29) is 0 Å². The van der Waals surface area contributed by atoms with E-state index in [0.29, 0.717) is 11.1 Å². The average molecular weight is 263 g/mol. The Bertz CT molecular complexity index is 560. The van der Waals surface area contributed by atoms with Gasteiger partial charge in [0.15, 0.2) is 0 Å². The molecular weight excluding hydrogens is 248 g/mol. The van der Waals surface area contributed by atoms with E-state index in [4.69, 9.17) is 11.6 Å². The zero-order valence-corrected chi connectivity index (χ0v) is 11.0. The van der Waals surface area contributed by atoms with E-state index in [9.17, 15) is 0 Å². The van der Waals surface area contributed by atoms with Crippen LogP contribution in [0, 0.1) is 6.92 Å². The molecule has 3 rings (SSSR count). The summed E-state index contributed by atoms with van der Waals surface area (Å²) in [7, 11) is 0. The summed E-state index contributed by atoms with van der Waals surface area (Å²) in [4.78, 5) is 0. The van der Waals surface area contributed by atoms with Crippen LogP contribution >= 0.6 is 11.6 Å². The van der Waals surface area contributed by atoms with E-state index >= 15 is 0 Å². The highest BCUT2D eigenvalue weighted by Crippen LogP contribution is 2.21. The van der Waals surface area contributed by atoms with Gasteiger partial charge in [-0.3, -0.25) is 0 Å². The van der Waals surface area contributed by atoms with Gasteiger partial charge in [-0.15, -0.1) is 5.10 Å². The maximum absolute atomic E-state index is 6.21. The zero-order valence-electron chi connectivity index (χ0n) is 10.2. The van der Waals surface area contributed by atoms with Gasteiger partial charge in [-0.05, 0) is 37.5 Å². The Balaban J connectivity index is 1.78. The largest absolute Gasteiger partial charge is 0.308 e. The number of hydrogen-bond acceptors (Lipinski definition) is 3. The number of aryl methyl sites for hydroxylation is 1. The second-order valence-corrected chi connectivity index (χ2v) is 5.17. The summed E-state index contributed by atoms with van der Waals surface area (Å²) >= 11 is 6.21. The maximum Gasteiger partial charge on any atom is 0.0969 e. The van der Waals surface area contributed by atoms with Crippen LogP contribution in [0.15, 0.2) is 24.4 Å². The fourth-order valence-corrected chi connectivity index (χ4v) is 2.15. The monoisotopic (exact) mass is 262 g/mol. The summed E-state index contributed by atoms with van der Waals surface area (Å²) < 4.78 is 1.73. The van der Waals surface area contributed by atoms with E-state index < -0.39 is 0 Å². The van der Waals surface area contributed by atoms with Gasteiger partial charge in [-0.25, -0.2) is 4.68 Å². The average Bonchev–Trinajstić information content (AvgIpc) is 3.05. The molecule has 1 aliphatic carbocycles. The third kappa shape index (κ3) is 2.54. The minimum Gasteiger partial charge on any atom is -0.308 e. The molecule has 1 aromatic heterocycles. The lowest BCUT2D eigenvalue weighted by Gasteiger charge is -2.03. The molecule has 1 saturated carbocycles. The Kier molecular flexibility index (Phi) is 3.06. The maximum atomic E-state index is 6.21. The highest BCUT2D eigenvalue weighted by molar-refractivity contribution is 6.32. The molecule has 5 heteroatoms. The summed E-state index contributed by atoms with van der Waals surface area (Å²) in [5.41, 5.74) is 2.95. The SMILES string of the molecule is Cc1ccc(-n2cc(CNC3CC3)nn2)c(Cl)c1. The van der Waals surface area contributed by atoms with Crippen molar-refractivity contribution in [3.05, 3.63) is 40.7 Å². The van der Waals surface area contributed by atoms with E-state index in [2.05, 4.69) is 15.6 Å². The molecule has 1 heterocycles. The van der Waals surface area contributed by atoms with Crippen LogP contribution in [-0.4, -0.2) is 21.0 Å². The Hall–Kier alpha value is -1.39. The minimum absolute atomic E-state index is 0.679. The van der Waals surface area contributed by atoms with Gasteiger partial charge in [0.05, 0.1) is 22.6 Å². The Labute approximate surface area is 111 Å². The molecule has 1 aromatic carbocycles. The fraction of sp³-hybridized carbons (Fsp3) is 0.385. The fourth-order valence-electron chi connectivity index (χ4n) is 1.83. The van der Waals surface area contributed by atoms with Crippen molar-refractivity contribution in [1.29, 1.82) is 0 Å². The van der Waals surface area contributed by atoms with Gasteiger partial charge in [-0.2, -0.15) is 0 Å². The summed E-state index contributed by atoms with van der Waals surface area (Å²) in [6.07, 6.45) is 4.47. The number of halogens is 1. The van der Waals surface area contributed by atoms with Crippen LogP contribution in [0.4, 0.5) is 0 Å². The van der Waals surface area contributed by atoms with Gasteiger partial charge in [0, 0.05) is 12.6 Å². The summed E-state index contributed by atoms with van der Waals surface area (Å²) in [6, 6.07) is 6.59. The molecule has 0 radical (unpaired) electrons. The van der Waals surface area contributed by atoms with E-state index in [1.807, 2.05) is 31.3 Å². The molecule has 18 heavy (non-hydrogen) atoms. The van der Waals surface area contributed by atoms with Crippen molar-refractivity contribution in [2.75, 3.05) is 0 Å². The Morgan fingerprint density at radius 1 is 1.44 bits per heavy atom. The van der Waals surface area contributed by atoms with Crippen molar-refractivity contribution in [2.24, 2.45) is 0 Å². The number of aromatic nitrogens is 3. The number of hydrogen-bond donors (Lipinski definition) is 1. The van der Waals surface area contributed by atoms with Crippen molar-refractivity contribution in [3.63, 3.8) is 0 Å². The molecule has 0 bridgehead atoms. The molecule has 1 N–H and O–H groups in total. The predicted molar refractivity (Wildman–Crippen MR) is 71.0 cm³/mol. The van der Waals surface area contributed by atoms with E-state index in [1.165, 1.54) is 12.8 Å². The first-order valence-electron chi connectivity index (χ1n) is 6.13. The Morgan fingerprint density at radius 3 is 3.00 bits per heavy atom. The molecule has 0 amide bonds. The lowest BCUT2D eigenvalue weighted by atomic mass is 10.2. The molecule has 0 spiro atoms. The summed E-state index contributed by atoms with van der Waals surface area (Å²) in [5.74, 6) is 0. The molecule has 1 aliphatic rings. The van der Waals surface area contributed by atoms with Gasteiger partial charge < -0.3 is 5.32 Å². The summed E-state index contributed by atoms with van der Waals surface area (Å²) in [5, 5.41) is 12.4. The quantitative estimate of drug-likeness (QED) is 0.921. The summed E-state index contributed by atoms with van der Waals surface area (Å²) in [6.45, 7) is 2.79. The molecular formula is C13H15ClN4. The minimum atomic E-state index is 0.679. The normalized spacial score (nSPS) is 15.0. The smallest absolute Gasteiger partial charge is 0.0969 e. The first-order chi connectivity index (χ1) is 8.72. The van der Waals surface area contributed by atoms with Crippen molar-refractivity contribution < 1.29 is 0 Å². The van der Waals surface area contributed by atoms with Gasteiger partial charge in [-0.1, -0.05) is 22.9 Å². The molecule has 94 valence electrons. The first kappa shape index (κ1) is 11.7. The first-order valence-corrected chi connectivity index (χ1v) is 6.51. The highest BCUT2D eigenvalue weighted by Gasteiger charge is 2.20. The van der Waals surface area contributed by atoms with Crippen molar-refractivity contribution in [2.45, 2.75) is 32.4 Å². The van der Waals surface area contributed by atoms with Crippen LogP contribution in [0.25, 0.3) is 5.69 Å². The third-order valence-electron chi connectivity index (χ3n) is 3.04. The van der Waals surface area contributed by atoms with Crippen molar-refractivity contribution in [1.82, 2.24) is 20.3 Å². The molecule has 0 saturated heterocycles. The van der Waals surface area contributed by atoms with Crippen LogP contribution in [-0.2, 0) is 6.54 Å². The molecule has 0 unspecified atom stereocenters. The van der Waals surface area contributed by atoms with Crippen LogP contribution in [0.1, 0.15) is 24.1 Å². The lowest BCUT2D eigenvalue weighted by Crippen LogP contribution is -2.15. The Morgan fingerprint density at radius 2 is 2.28 bits per heavy atom. The van der Waals surface area contributed by atoms with Gasteiger partial charge in [0.1, 0.15) is 0 Å². The number of rotatable bonds is 4. The van der Waals surface area contributed by atoms with Crippen LogP contribution in [0.3, 0.4) is 0 Å². The van der Waals surface area contributed by atoms with Crippen LogP contribution in [0.2, 0.25) is 5.02 Å². The number of nitrogens with zero attached hydrogens (tertiary/aromatic N) is 3. The van der Waals surface area contributed by atoms with E-state index in [1.54, 1.807) is 4.68 Å². The number of benzene rings is 1. The van der Waals surface area contributed by atoms with Gasteiger partial charge >= 0.3 is 0 Å². The van der Waals surface area contributed by atoms with Crippen LogP contribution < -0.4 is 5.32 Å². The van der Waals surface area contributed by atoms with Gasteiger partial charge in [0.2, 0.25) is 0 Å². The lowest BCUT2D eigenvalue weighted by molar-refractivity contribution is 0.671. The van der Waals surface area contributed by atoms with Crippen LogP contribution in [0.5, 0.6) is 0 Å². The standard InChI is InChI=1S/C13H15ClN4/c1-9-2-5-13(12(14)6-9)18-8-11(16-17-18)7-15-10-3-4-10/h2,5-6,8,10,15H,3-4,7H2,1H3. The predicted octanol–water partition coefficient (Wildman–Crippen LogP) is 2.48. The van der Waals surface area contributed by atoms with Crippen molar-refractivity contribution in [3.8, 4) is 5.69 Å². The topological polar surface area (TPSA) is 42.7 Å². The molecule has 0 atom stereocenters. The molecule has 2 aromatic rings.